The number of thiophene rings is 1. The number of nitrogens with zero attached hydrogens (tertiary/aromatic N) is 3. The first-order valence-corrected chi connectivity index (χ1v) is 11.9. The van der Waals surface area contributed by atoms with Crippen LogP contribution in [0.2, 0.25) is 0 Å². The summed E-state index contributed by atoms with van der Waals surface area (Å²) in [5.74, 6) is -5.31. The number of rotatable bonds is 3. The molecule has 1 unspecified atom stereocenters. The molecule has 212 valence electrons. The Morgan fingerprint density at radius 1 is 1.03 bits per heavy atom. The molecule has 2 saturated heterocycles. The molecule has 1 atom stereocenters. The predicted molar refractivity (Wildman–Crippen MR) is 121 cm³/mol. The number of carboxylic acids is 2. The van der Waals surface area contributed by atoms with E-state index in [2.05, 4.69) is 27.4 Å². The van der Waals surface area contributed by atoms with Crippen molar-refractivity contribution in [2.75, 3.05) is 37.7 Å². The number of anilines is 1. The van der Waals surface area contributed by atoms with Crippen LogP contribution in [0.1, 0.15) is 17.7 Å². The maximum absolute atomic E-state index is 14.1. The lowest BCUT2D eigenvalue weighted by Gasteiger charge is -2.48. The molecule has 2 aliphatic rings. The van der Waals surface area contributed by atoms with E-state index >= 15 is 0 Å². The first-order valence-electron chi connectivity index (χ1n) is 11.0. The highest BCUT2D eigenvalue weighted by Gasteiger charge is 2.41. The fourth-order valence-electron chi connectivity index (χ4n) is 3.82. The molecule has 0 amide bonds. The lowest BCUT2D eigenvalue weighted by Crippen LogP contribution is -2.59. The molecule has 0 bridgehead atoms. The summed E-state index contributed by atoms with van der Waals surface area (Å²) in [5, 5.41) is 16.4. The van der Waals surface area contributed by atoms with Gasteiger partial charge in [-0.25, -0.2) is 19.0 Å². The van der Waals surface area contributed by atoms with Crippen molar-refractivity contribution in [2.24, 2.45) is 0 Å². The van der Waals surface area contributed by atoms with E-state index in [4.69, 9.17) is 24.5 Å². The van der Waals surface area contributed by atoms with Gasteiger partial charge in [-0.2, -0.15) is 26.3 Å². The smallest absolute Gasteiger partial charge is 0.475 e. The number of aromatic nitrogens is 1. The van der Waals surface area contributed by atoms with E-state index in [0.717, 1.165) is 45.6 Å². The van der Waals surface area contributed by atoms with Gasteiger partial charge in [0.2, 0.25) is 0 Å². The molecule has 4 heterocycles. The molecule has 8 nitrogen and oxygen atoms in total. The molecule has 2 aromatic heterocycles. The van der Waals surface area contributed by atoms with Crippen molar-refractivity contribution in [2.45, 2.75) is 37.3 Å². The number of hydrogen-bond donors (Lipinski definition) is 2. The van der Waals surface area contributed by atoms with Gasteiger partial charge in [0.1, 0.15) is 0 Å². The van der Waals surface area contributed by atoms with E-state index in [1.165, 1.54) is 10.9 Å². The van der Waals surface area contributed by atoms with E-state index < -0.39 is 24.3 Å². The van der Waals surface area contributed by atoms with Gasteiger partial charge in [0.25, 0.3) is 0 Å². The Bertz CT molecular complexity index is 1020. The van der Waals surface area contributed by atoms with E-state index in [0.29, 0.717) is 12.4 Å². The Labute approximate surface area is 216 Å². The molecule has 0 saturated carbocycles. The largest absolute Gasteiger partial charge is 0.490 e. The van der Waals surface area contributed by atoms with E-state index in [1.54, 1.807) is 23.6 Å². The van der Waals surface area contributed by atoms with E-state index in [1.807, 2.05) is 4.90 Å². The predicted octanol–water partition coefficient (Wildman–Crippen LogP) is 4.42. The second kappa shape index (κ2) is 13.2. The highest BCUT2D eigenvalue weighted by atomic mass is 32.1. The monoisotopic (exact) mass is 575 g/mol. The van der Waals surface area contributed by atoms with Gasteiger partial charge in [0, 0.05) is 43.8 Å². The topological polar surface area (TPSA) is 103 Å². The molecule has 38 heavy (non-hydrogen) atoms. The molecule has 16 heteroatoms. The van der Waals surface area contributed by atoms with Crippen molar-refractivity contribution in [3.63, 3.8) is 0 Å². The maximum atomic E-state index is 14.1. The van der Waals surface area contributed by atoms with E-state index in [9.17, 15) is 30.7 Å². The van der Waals surface area contributed by atoms with Crippen molar-refractivity contribution < 1.29 is 55.3 Å². The molecular weight excluding hydrogens is 551 g/mol. The summed E-state index contributed by atoms with van der Waals surface area (Å²) in [6.45, 7) is 5.12. The molecule has 2 aliphatic heterocycles. The van der Waals surface area contributed by atoms with Gasteiger partial charge in [0.05, 0.1) is 12.2 Å². The summed E-state index contributed by atoms with van der Waals surface area (Å²) >= 11 is 1.80. The number of halogens is 7. The van der Waals surface area contributed by atoms with E-state index in [-0.39, 0.29) is 11.4 Å². The number of aliphatic carboxylic acids is 2. The molecule has 2 fully saturated rings. The molecule has 2 aromatic rings. The van der Waals surface area contributed by atoms with Crippen LogP contribution in [0.3, 0.4) is 0 Å². The van der Waals surface area contributed by atoms with Gasteiger partial charge < -0.3 is 19.8 Å². The van der Waals surface area contributed by atoms with Crippen LogP contribution in [-0.2, 0) is 20.9 Å². The zero-order valence-corrected chi connectivity index (χ0v) is 20.5. The average molecular weight is 576 g/mol. The van der Waals surface area contributed by atoms with Crippen molar-refractivity contribution >= 4 is 29.1 Å². The number of piperidine rings is 1. The van der Waals surface area contributed by atoms with Crippen LogP contribution in [0, 0.1) is 5.82 Å². The summed E-state index contributed by atoms with van der Waals surface area (Å²) in [6.07, 6.45) is -6.48. The summed E-state index contributed by atoms with van der Waals surface area (Å²) in [6, 6.07) is 7.40. The van der Waals surface area contributed by atoms with Gasteiger partial charge in [-0.1, -0.05) is 6.07 Å². The summed E-state index contributed by atoms with van der Waals surface area (Å²) < 4.78 is 83.8. The van der Waals surface area contributed by atoms with Gasteiger partial charge in [-0.05, 0) is 36.4 Å². The lowest BCUT2D eigenvalue weighted by molar-refractivity contribution is -0.193. The minimum Gasteiger partial charge on any atom is -0.475 e. The third-order valence-electron chi connectivity index (χ3n) is 5.35. The molecule has 4 rings (SSSR count). The Kier molecular flexibility index (Phi) is 10.8. The number of pyridine rings is 1. The number of hydrogen-bond acceptors (Lipinski definition) is 7. The zero-order chi connectivity index (χ0) is 28.6. The van der Waals surface area contributed by atoms with Gasteiger partial charge in [-0.3, -0.25) is 4.90 Å². The van der Waals surface area contributed by atoms with Gasteiger partial charge in [-0.15, -0.1) is 11.3 Å². The minimum absolute atomic E-state index is 0.211. The normalized spacial score (nSPS) is 20.1. The second-order valence-corrected chi connectivity index (χ2v) is 9.29. The first kappa shape index (κ1) is 31.2. The Morgan fingerprint density at radius 2 is 1.66 bits per heavy atom. The molecule has 0 radical (unpaired) electrons. The third-order valence-corrected chi connectivity index (χ3v) is 6.21. The van der Waals surface area contributed by atoms with Crippen LogP contribution in [0.15, 0.2) is 35.8 Å². The first-order chi connectivity index (χ1) is 17.6. The van der Waals surface area contributed by atoms with Crippen molar-refractivity contribution in [1.29, 1.82) is 0 Å². The lowest BCUT2D eigenvalue weighted by atomic mass is 9.90. The quantitative estimate of drug-likeness (QED) is 0.519. The summed E-state index contributed by atoms with van der Waals surface area (Å²) in [5.41, 5.74) is -0.211. The zero-order valence-electron chi connectivity index (χ0n) is 19.6. The van der Waals surface area contributed by atoms with Crippen LogP contribution < -0.4 is 4.90 Å². The molecule has 0 aliphatic carbocycles. The van der Waals surface area contributed by atoms with Crippen LogP contribution >= 0.6 is 11.3 Å². The molecule has 0 aromatic carbocycles. The van der Waals surface area contributed by atoms with Crippen LogP contribution in [-0.4, -0.2) is 82.8 Å². The van der Waals surface area contributed by atoms with Crippen molar-refractivity contribution in [3.05, 3.63) is 46.5 Å². The van der Waals surface area contributed by atoms with Crippen LogP contribution in [0.4, 0.5) is 36.6 Å². The molecule has 1 spiro atoms. The fraction of sp³-hybridized carbons (Fsp3) is 0.500. The van der Waals surface area contributed by atoms with Crippen LogP contribution in [0.5, 0.6) is 0 Å². The highest BCUT2D eigenvalue weighted by molar-refractivity contribution is 7.09. The second-order valence-electron chi connectivity index (χ2n) is 8.26. The minimum atomic E-state index is -5.08. The van der Waals surface area contributed by atoms with Crippen molar-refractivity contribution in [3.8, 4) is 0 Å². The Balaban J connectivity index is 0.000000301. The maximum Gasteiger partial charge on any atom is 0.490 e. The van der Waals surface area contributed by atoms with Crippen LogP contribution in [0.25, 0.3) is 0 Å². The number of carbonyl (C=O) groups is 2. The number of carboxylic acid groups (broad SMARTS) is 2. The average Bonchev–Trinajstić information content (AvgIpc) is 3.32. The number of alkyl halides is 6. The fourth-order valence-corrected chi connectivity index (χ4v) is 4.56. The molecular formula is C22H24F7N3O5S. The highest BCUT2D eigenvalue weighted by Crippen LogP contribution is 2.32. The third kappa shape index (κ3) is 9.72. The summed E-state index contributed by atoms with van der Waals surface area (Å²) in [4.78, 5) is 27.9. The number of morpholine rings is 1. The Hall–Kier alpha value is -2.98. The Morgan fingerprint density at radius 3 is 2.18 bits per heavy atom. The standard InChI is InChI=1S/C18H22FN3OS.2C2HF3O2/c19-16-5-1-7-20-17(16)22-8-3-6-18(14-22)13-21(9-10-23-18)12-15-4-2-11-24-15;2*3-2(4,5)1(6)7/h1-2,4-5,7,11H,3,6,8-10,12-14H2;2*(H,6,7). The molecule has 2 N–H and O–H groups in total. The summed E-state index contributed by atoms with van der Waals surface area (Å²) in [7, 11) is 0. The van der Waals surface area contributed by atoms with Crippen molar-refractivity contribution in [1.82, 2.24) is 9.88 Å². The van der Waals surface area contributed by atoms with Gasteiger partial charge in [0.15, 0.2) is 11.6 Å². The van der Waals surface area contributed by atoms with Gasteiger partial charge >= 0.3 is 24.3 Å². The number of ether oxygens (including phenoxy) is 1. The SMILES string of the molecule is Fc1cccnc1N1CCCC2(CN(Cc3cccs3)CCO2)C1.O=C(O)C(F)(F)F.O=C(O)C(F)(F)F.